The Hall–Kier alpha value is -3.06. The Morgan fingerprint density at radius 2 is 2.11 bits per heavy atom. The van der Waals surface area contributed by atoms with Crippen molar-refractivity contribution >= 4 is 40.1 Å². The highest BCUT2D eigenvalue weighted by atomic mass is 35.5. The summed E-state index contributed by atoms with van der Waals surface area (Å²) in [5.41, 5.74) is 1.48. The van der Waals surface area contributed by atoms with Crippen molar-refractivity contribution in [1.29, 1.82) is 0 Å². The van der Waals surface area contributed by atoms with Gasteiger partial charge in [0.25, 0.3) is 5.91 Å². The summed E-state index contributed by atoms with van der Waals surface area (Å²) in [5.74, 6) is -0.537. The number of aryl methyl sites for hydroxylation is 1. The SMILES string of the molecule is CCOc1ccc2oc(C(=O)O[C@H](C)C(=O)Nc3cccnc3Cl)c(C)c2c1. The van der Waals surface area contributed by atoms with Crippen LogP contribution in [-0.4, -0.2) is 29.6 Å². The van der Waals surface area contributed by atoms with Gasteiger partial charge in [0, 0.05) is 17.1 Å². The fourth-order valence-electron chi connectivity index (χ4n) is 2.63. The molecule has 3 aromatic rings. The molecule has 3 rings (SSSR count). The summed E-state index contributed by atoms with van der Waals surface area (Å²) < 4.78 is 16.4. The van der Waals surface area contributed by atoms with Crippen LogP contribution < -0.4 is 10.1 Å². The minimum atomic E-state index is -1.06. The van der Waals surface area contributed by atoms with E-state index in [-0.39, 0.29) is 10.9 Å². The molecule has 146 valence electrons. The Kier molecular flexibility index (Phi) is 5.84. The zero-order valence-corrected chi connectivity index (χ0v) is 16.4. The molecule has 7 nitrogen and oxygen atoms in total. The van der Waals surface area contributed by atoms with Gasteiger partial charge in [0.05, 0.1) is 12.3 Å². The summed E-state index contributed by atoms with van der Waals surface area (Å²) in [4.78, 5) is 28.7. The zero-order valence-electron chi connectivity index (χ0n) is 15.6. The van der Waals surface area contributed by atoms with E-state index < -0.39 is 18.0 Å². The lowest BCUT2D eigenvalue weighted by Gasteiger charge is -2.13. The van der Waals surface area contributed by atoms with E-state index in [0.29, 0.717) is 29.2 Å². The highest BCUT2D eigenvalue weighted by Crippen LogP contribution is 2.29. The van der Waals surface area contributed by atoms with E-state index in [4.69, 9.17) is 25.5 Å². The summed E-state index contributed by atoms with van der Waals surface area (Å²) in [7, 11) is 0. The van der Waals surface area contributed by atoms with Gasteiger partial charge in [0.15, 0.2) is 11.3 Å². The average Bonchev–Trinajstić information content (AvgIpc) is 3.00. The molecule has 0 aliphatic carbocycles. The number of nitrogens with zero attached hydrogens (tertiary/aromatic N) is 1. The van der Waals surface area contributed by atoms with Gasteiger partial charge >= 0.3 is 5.97 Å². The molecule has 0 saturated carbocycles. The van der Waals surface area contributed by atoms with Crippen LogP contribution in [-0.2, 0) is 9.53 Å². The number of nitrogens with one attached hydrogen (secondary N) is 1. The quantitative estimate of drug-likeness (QED) is 0.486. The van der Waals surface area contributed by atoms with Crippen molar-refractivity contribution in [1.82, 2.24) is 4.98 Å². The molecule has 0 aliphatic heterocycles. The number of pyridine rings is 1. The number of carbonyl (C=O) groups excluding carboxylic acids is 2. The molecular formula is C20H19ClN2O5. The maximum absolute atomic E-state index is 12.5. The average molecular weight is 403 g/mol. The number of hydrogen-bond acceptors (Lipinski definition) is 6. The van der Waals surface area contributed by atoms with Crippen LogP contribution in [0, 0.1) is 6.92 Å². The number of halogens is 1. The van der Waals surface area contributed by atoms with E-state index >= 15 is 0 Å². The minimum absolute atomic E-state index is 0.0442. The highest BCUT2D eigenvalue weighted by Gasteiger charge is 2.25. The zero-order chi connectivity index (χ0) is 20.3. The van der Waals surface area contributed by atoms with Gasteiger partial charge in [0.1, 0.15) is 11.3 Å². The first-order valence-electron chi connectivity index (χ1n) is 8.69. The lowest BCUT2D eigenvalue weighted by molar-refractivity contribution is -0.123. The van der Waals surface area contributed by atoms with Crippen LogP contribution in [0.5, 0.6) is 5.75 Å². The first-order valence-corrected chi connectivity index (χ1v) is 9.06. The van der Waals surface area contributed by atoms with Gasteiger partial charge in [-0.15, -0.1) is 0 Å². The topological polar surface area (TPSA) is 90.7 Å². The van der Waals surface area contributed by atoms with Crippen molar-refractivity contribution in [3.05, 3.63) is 53.0 Å². The third-order valence-corrected chi connectivity index (χ3v) is 4.38. The minimum Gasteiger partial charge on any atom is -0.494 e. The molecule has 2 heterocycles. The molecule has 28 heavy (non-hydrogen) atoms. The number of fused-ring (bicyclic) bond motifs is 1. The Balaban J connectivity index is 1.74. The second kappa shape index (κ2) is 8.31. The fourth-order valence-corrected chi connectivity index (χ4v) is 2.80. The largest absolute Gasteiger partial charge is 0.494 e. The van der Waals surface area contributed by atoms with Gasteiger partial charge in [-0.3, -0.25) is 4.79 Å². The first kappa shape index (κ1) is 19.7. The summed E-state index contributed by atoms with van der Waals surface area (Å²) in [6, 6.07) is 8.52. The van der Waals surface area contributed by atoms with Gasteiger partial charge in [-0.1, -0.05) is 11.6 Å². The van der Waals surface area contributed by atoms with Crippen molar-refractivity contribution in [3.63, 3.8) is 0 Å². The number of aromatic nitrogens is 1. The number of anilines is 1. The Morgan fingerprint density at radius 3 is 2.82 bits per heavy atom. The van der Waals surface area contributed by atoms with Crippen LogP contribution in [0.3, 0.4) is 0 Å². The van der Waals surface area contributed by atoms with Crippen molar-refractivity contribution in [2.75, 3.05) is 11.9 Å². The van der Waals surface area contributed by atoms with Gasteiger partial charge in [-0.05, 0) is 51.1 Å². The summed E-state index contributed by atoms with van der Waals surface area (Å²) in [5, 5.41) is 3.47. The number of ether oxygens (including phenoxy) is 2. The maximum atomic E-state index is 12.5. The molecule has 1 N–H and O–H groups in total. The van der Waals surface area contributed by atoms with E-state index in [1.807, 2.05) is 6.92 Å². The van der Waals surface area contributed by atoms with Gasteiger partial charge in [0.2, 0.25) is 5.76 Å². The predicted octanol–water partition coefficient (Wildman–Crippen LogP) is 4.37. The molecule has 0 bridgehead atoms. The predicted molar refractivity (Wildman–Crippen MR) is 105 cm³/mol. The van der Waals surface area contributed by atoms with Crippen molar-refractivity contribution in [3.8, 4) is 5.75 Å². The Bertz CT molecular complexity index is 1030. The second-order valence-electron chi connectivity index (χ2n) is 6.03. The Labute approximate surface area is 166 Å². The van der Waals surface area contributed by atoms with Gasteiger partial charge in [-0.2, -0.15) is 0 Å². The second-order valence-corrected chi connectivity index (χ2v) is 6.38. The van der Waals surface area contributed by atoms with E-state index in [9.17, 15) is 9.59 Å². The number of esters is 1. The molecule has 1 atom stereocenters. The molecule has 0 aliphatic rings. The fraction of sp³-hybridized carbons (Fsp3) is 0.250. The normalized spacial score (nSPS) is 11.9. The van der Waals surface area contributed by atoms with Crippen LogP contribution in [0.4, 0.5) is 5.69 Å². The molecule has 0 spiro atoms. The molecule has 2 aromatic heterocycles. The van der Waals surface area contributed by atoms with E-state index in [1.165, 1.54) is 13.1 Å². The number of rotatable bonds is 6. The third kappa shape index (κ3) is 4.09. The molecular weight excluding hydrogens is 384 g/mol. The standard InChI is InChI=1S/C20H19ClN2O5/c1-4-26-13-7-8-16-14(10-13)11(2)17(28-16)20(25)27-12(3)19(24)23-15-6-5-9-22-18(15)21/h5-10,12H,4H2,1-3H3,(H,23,24)/t12-/m1/s1. The molecule has 1 aromatic carbocycles. The van der Waals surface area contributed by atoms with Crippen LogP contribution in [0.2, 0.25) is 5.15 Å². The number of hydrogen-bond donors (Lipinski definition) is 1. The number of amides is 1. The molecule has 0 saturated heterocycles. The third-order valence-electron chi connectivity index (χ3n) is 4.07. The molecule has 0 unspecified atom stereocenters. The Morgan fingerprint density at radius 1 is 1.32 bits per heavy atom. The van der Waals surface area contributed by atoms with Gasteiger partial charge < -0.3 is 19.2 Å². The number of furan rings is 1. The molecule has 1 amide bonds. The summed E-state index contributed by atoms with van der Waals surface area (Å²) in [6.07, 6.45) is 0.443. The highest BCUT2D eigenvalue weighted by molar-refractivity contribution is 6.32. The maximum Gasteiger partial charge on any atom is 0.375 e. The number of benzene rings is 1. The molecule has 0 radical (unpaired) electrons. The van der Waals surface area contributed by atoms with Crippen LogP contribution in [0.25, 0.3) is 11.0 Å². The van der Waals surface area contributed by atoms with E-state index in [2.05, 4.69) is 10.3 Å². The van der Waals surface area contributed by atoms with Crippen molar-refractivity contribution in [2.24, 2.45) is 0 Å². The van der Waals surface area contributed by atoms with E-state index in [0.717, 1.165) is 5.39 Å². The van der Waals surface area contributed by atoms with Crippen LogP contribution in [0.15, 0.2) is 40.9 Å². The van der Waals surface area contributed by atoms with Crippen molar-refractivity contribution in [2.45, 2.75) is 26.9 Å². The van der Waals surface area contributed by atoms with Crippen LogP contribution in [0.1, 0.15) is 30.0 Å². The summed E-state index contributed by atoms with van der Waals surface area (Å²) >= 11 is 5.92. The van der Waals surface area contributed by atoms with Gasteiger partial charge in [-0.25, -0.2) is 9.78 Å². The monoisotopic (exact) mass is 402 g/mol. The van der Waals surface area contributed by atoms with Crippen molar-refractivity contribution < 1.29 is 23.5 Å². The van der Waals surface area contributed by atoms with Crippen LogP contribution >= 0.6 is 11.6 Å². The molecule has 0 fully saturated rings. The lowest BCUT2D eigenvalue weighted by Crippen LogP contribution is -2.30. The number of carbonyl (C=O) groups is 2. The first-order chi connectivity index (χ1) is 13.4. The van der Waals surface area contributed by atoms with E-state index in [1.54, 1.807) is 37.3 Å². The lowest BCUT2D eigenvalue weighted by atomic mass is 10.1. The smallest absolute Gasteiger partial charge is 0.375 e. The summed E-state index contributed by atoms with van der Waals surface area (Å²) in [6.45, 7) is 5.63. The molecule has 8 heteroatoms.